The van der Waals surface area contributed by atoms with Gasteiger partial charge in [-0.05, 0) is 43.2 Å². The molecule has 1 fully saturated rings. The molecule has 1 aromatic heterocycles. The lowest BCUT2D eigenvalue weighted by Gasteiger charge is -2.28. The highest BCUT2D eigenvalue weighted by Gasteiger charge is 2.36. The maximum Gasteiger partial charge on any atom is 0.262 e. The Morgan fingerprint density at radius 3 is 2.63 bits per heavy atom. The van der Waals surface area contributed by atoms with E-state index in [9.17, 15) is 18.0 Å². The molecule has 4 rings (SSSR count). The van der Waals surface area contributed by atoms with E-state index in [2.05, 4.69) is 15.0 Å². The second kappa shape index (κ2) is 8.65. The minimum Gasteiger partial charge on any atom is -0.341 e. The zero-order valence-corrected chi connectivity index (χ0v) is 17.8. The van der Waals surface area contributed by atoms with Crippen molar-refractivity contribution < 1.29 is 18.0 Å². The number of hydrogen-bond acceptors (Lipinski definition) is 6. The van der Waals surface area contributed by atoms with E-state index in [1.165, 1.54) is 30.1 Å². The van der Waals surface area contributed by atoms with Gasteiger partial charge in [0.25, 0.3) is 10.0 Å². The van der Waals surface area contributed by atoms with Crippen LogP contribution < -0.4 is 10.0 Å². The number of amides is 2. The van der Waals surface area contributed by atoms with Gasteiger partial charge in [-0.2, -0.15) is 0 Å². The quantitative estimate of drug-likeness (QED) is 0.699. The van der Waals surface area contributed by atoms with E-state index in [4.69, 9.17) is 0 Å². The van der Waals surface area contributed by atoms with Crippen molar-refractivity contribution in [2.75, 3.05) is 23.1 Å². The largest absolute Gasteiger partial charge is 0.341 e. The number of hydrogen-bond donors (Lipinski definition) is 2. The highest BCUT2D eigenvalue weighted by Crippen LogP contribution is 2.38. The molecule has 2 amide bonds. The van der Waals surface area contributed by atoms with Gasteiger partial charge in [0.2, 0.25) is 11.8 Å². The van der Waals surface area contributed by atoms with Crippen LogP contribution in [0.15, 0.2) is 52.5 Å². The fourth-order valence-electron chi connectivity index (χ4n) is 3.51. The third kappa shape index (κ3) is 4.44. The van der Waals surface area contributed by atoms with Crippen molar-refractivity contribution in [3.8, 4) is 0 Å². The number of fused-ring (bicyclic) bond motifs is 1. The minimum atomic E-state index is -3.84. The summed E-state index contributed by atoms with van der Waals surface area (Å²) in [5.41, 5.74) is 0.732. The molecular weight excluding hydrogens is 424 g/mol. The van der Waals surface area contributed by atoms with Gasteiger partial charge in [0.15, 0.2) is 5.25 Å². The Balaban J connectivity index is 1.53. The SMILES string of the molecule is O=C1Nc2cc(S(=O)(=O)Nc3cccnc3)ccc2S[C@@H]1C(=O)N1CCCCCC1. The maximum absolute atomic E-state index is 12.9. The van der Waals surface area contributed by atoms with Crippen LogP contribution >= 0.6 is 11.8 Å². The second-order valence-electron chi connectivity index (χ2n) is 7.23. The maximum atomic E-state index is 12.9. The van der Waals surface area contributed by atoms with Crippen molar-refractivity contribution in [2.45, 2.75) is 40.7 Å². The molecule has 2 aliphatic heterocycles. The summed E-state index contributed by atoms with van der Waals surface area (Å²) in [5, 5.41) is 1.86. The summed E-state index contributed by atoms with van der Waals surface area (Å²) in [6.07, 6.45) is 7.06. The van der Waals surface area contributed by atoms with Gasteiger partial charge in [-0.3, -0.25) is 19.3 Å². The van der Waals surface area contributed by atoms with Gasteiger partial charge in [0.1, 0.15) is 0 Å². The third-order valence-corrected chi connectivity index (χ3v) is 7.70. The van der Waals surface area contributed by atoms with Crippen molar-refractivity contribution in [3.63, 3.8) is 0 Å². The molecule has 8 nitrogen and oxygen atoms in total. The summed E-state index contributed by atoms with van der Waals surface area (Å²) in [6, 6.07) is 7.73. The van der Waals surface area contributed by atoms with Crippen LogP contribution in [0.2, 0.25) is 0 Å². The lowest BCUT2D eigenvalue weighted by molar-refractivity contribution is -0.133. The van der Waals surface area contributed by atoms with Crippen molar-refractivity contribution >= 4 is 45.0 Å². The van der Waals surface area contributed by atoms with E-state index in [-0.39, 0.29) is 10.8 Å². The number of nitrogens with one attached hydrogen (secondary N) is 2. The zero-order valence-electron chi connectivity index (χ0n) is 16.2. The number of benzene rings is 1. The molecule has 1 saturated heterocycles. The summed E-state index contributed by atoms with van der Waals surface area (Å²) in [5.74, 6) is -0.600. The molecule has 3 heterocycles. The Bertz CT molecular complexity index is 1050. The number of sulfonamides is 1. The second-order valence-corrected chi connectivity index (χ2v) is 10.1. The predicted molar refractivity (Wildman–Crippen MR) is 115 cm³/mol. The number of aromatic nitrogens is 1. The van der Waals surface area contributed by atoms with E-state index >= 15 is 0 Å². The average molecular weight is 447 g/mol. The predicted octanol–water partition coefficient (Wildman–Crippen LogP) is 2.70. The number of carbonyl (C=O) groups is 2. The number of rotatable bonds is 4. The van der Waals surface area contributed by atoms with Crippen molar-refractivity contribution in [1.82, 2.24) is 9.88 Å². The number of likely N-dealkylation sites (tertiary alicyclic amines) is 1. The number of nitrogens with zero attached hydrogens (tertiary/aromatic N) is 2. The number of anilines is 2. The van der Waals surface area contributed by atoms with Crippen molar-refractivity contribution in [3.05, 3.63) is 42.7 Å². The van der Waals surface area contributed by atoms with E-state index in [0.29, 0.717) is 29.4 Å². The molecule has 2 aromatic rings. The van der Waals surface area contributed by atoms with Crippen LogP contribution in [0.3, 0.4) is 0 Å². The topological polar surface area (TPSA) is 108 Å². The van der Waals surface area contributed by atoms with Crippen molar-refractivity contribution in [2.24, 2.45) is 0 Å². The van der Waals surface area contributed by atoms with Crippen molar-refractivity contribution in [1.29, 1.82) is 0 Å². The first kappa shape index (κ1) is 20.7. The summed E-state index contributed by atoms with van der Waals surface area (Å²) in [7, 11) is -3.84. The van der Waals surface area contributed by atoms with Gasteiger partial charge < -0.3 is 10.2 Å². The van der Waals surface area contributed by atoms with Crippen LogP contribution in [0, 0.1) is 0 Å². The van der Waals surface area contributed by atoms with E-state index < -0.39 is 21.2 Å². The molecule has 0 bridgehead atoms. The monoisotopic (exact) mass is 446 g/mol. The van der Waals surface area contributed by atoms with Gasteiger partial charge >= 0.3 is 0 Å². The van der Waals surface area contributed by atoms with Gasteiger partial charge in [0, 0.05) is 24.2 Å². The highest BCUT2D eigenvalue weighted by atomic mass is 32.2. The first-order valence-corrected chi connectivity index (χ1v) is 12.1. The molecular formula is C20H22N4O4S2. The number of carbonyl (C=O) groups excluding carboxylic acids is 2. The van der Waals surface area contributed by atoms with Crippen LogP contribution in [0.25, 0.3) is 0 Å². The van der Waals surface area contributed by atoms with E-state index in [0.717, 1.165) is 25.7 Å². The molecule has 0 saturated carbocycles. The van der Waals surface area contributed by atoms with Gasteiger partial charge in [0.05, 0.1) is 22.5 Å². The molecule has 0 radical (unpaired) electrons. The zero-order chi connectivity index (χ0) is 21.1. The molecule has 2 aliphatic rings. The minimum absolute atomic E-state index is 0.0169. The highest BCUT2D eigenvalue weighted by molar-refractivity contribution is 8.01. The third-order valence-electron chi connectivity index (χ3n) is 5.06. The van der Waals surface area contributed by atoms with Crippen LogP contribution in [-0.4, -0.2) is 48.5 Å². The fourth-order valence-corrected chi connectivity index (χ4v) is 5.63. The molecule has 0 spiro atoms. The first-order valence-electron chi connectivity index (χ1n) is 9.77. The van der Waals surface area contributed by atoms with Crippen LogP contribution in [0.4, 0.5) is 11.4 Å². The molecule has 1 aromatic carbocycles. The van der Waals surface area contributed by atoms with Crippen LogP contribution in [-0.2, 0) is 19.6 Å². The van der Waals surface area contributed by atoms with Gasteiger partial charge in [-0.15, -0.1) is 11.8 Å². The molecule has 1 atom stereocenters. The summed E-state index contributed by atoms with van der Waals surface area (Å²) >= 11 is 1.17. The molecule has 0 unspecified atom stereocenters. The van der Waals surface area contributed by atoms with Crippen LogP contribution in [0.5, 0.6) is 0 Å². The van der Waals surface area contributed by atoms with Gasteiger partial charge in [-0.1, -0.05) is 12.8 Å². The molecule has 30 heavy (non-hydrogen) atoms. The summed E-state index contributed by atoms with van der Waals surface area (Å²) in [4.78, 5) is 31.9. The molecule has 158 valence electrons. The normalized spacial score (nSPS) is 19.4. The van der Waals surface area contributed by atoms with Gasteiger partial charge in [-0.25, -0.2) is 8.42 Å². The standard InChI is InChI=1S/C20H22N4O4S2/c25-19-18(20(26)24-10-3-1-2-4-11-24)29-17-8-7-15(12-16(17)22-19)30(27,28)23-14-6-5-9-21-13-14/h5-9,12-13,18,23H,1-4,10-11H2,(H,22,25)/t18-/m0/s1. The molecule has 0 aliphatic carbocycles. The Labute approximate surface area is 179 Å². The lowest BCUT2D eigenvalue weighted by Crippen LogP contribution is -2.45. The molecule has 10 heteroatoms. The number of thioether (sulfide) groups is 1. The first-order chi connectivity index (χ1) is 14.4. The summed E-state index contributed by atoms with van der Waals surface area (Å²) in [6.45, 7) is 1.35. The Kier molecular flexibility index (Phi) is 5.96. The average Bonchev–Trinajstić information content (AvgIpc) is 3.02. The molecule has 2 N–H and O–H groups in total. The van der Waals surface area contributed by atoms with E-state index in [1.54, 1.807) is 29.3 Å². The smallest absolute Gasteiger partial charge is 0.262 e. The summed E-state index contributed by atoms with van der Waals surface area (Å²) < 4.78 is 27.8. The Morgan fingerprint density at radius 1 is 1.17 bits per heavy atom. The lowest BCUT2D eigenvalue weighted by atomic mass is 10.2. The Morgan fingerprint density at radius 2 is 1.93 bits per heavy atom. The number of pyridine rings is 1. The fraction of sp³-hybridized carbons (Fsp3) is 0.350. The Hall–Kier alpha value is -2.59. The van der Waals surface area contributed by atoms with Crippen LogP contribution in [0.1, 0.15) is 25.7 Å². The van der Waals surface area contributed by atoms with E-state index in [1.807, 2.05) is 0 Å².